The number of halogens is 3. The summed E-state index contributed by atoms with van der Waals surface area (Å²) >= 11 is 0. The van der Waals surface area contributed by atoms with E-state index in [9.17, 15) is 37.1 Å². The largest absolute Gasteiger partial charge is 0.416 e. The van der Waals surface area contributed by atoms with Crippen molar-refractivity contribution in [2.24, 2.45) is 0 Å². The van der Waals surface area contributed by atoms with Crippen molar-refractivity contribution in [3.05, 3.63) is 69.8 Å². The van der Waals surface area contributed by atoms with Crippen LogP contribution in [0.3, 0.4) is 0 Å². The number of fused-ring (bicyclic) bond motifs is 1. The van der Waals surface area contributed by atoms with Crippen molar-refractivity contribution in [1.29, 1.82) is 0 Å². The van der Waals surface area contributed by atoms with E-state index >= 15 is 0 Å². The highest BCUT2D eigenvalue weighted by molar-refractivity contribution is 6.24. The van der Waals surface area contributed by atoms with Gasteiger partial charge in [0.05, 0.1) is 23.1 Å². The van der Waals surface area contributed by atoms with E-state index in [0.29, 0.717) is 11.1 Å². The number of nitrogens with one attached hydrogen (secondary N) is 2. The monoisotopic (exact) mass is 487 g/mol. The molecule has 0 saturated carbocycles. The lowest BCUT2D eigenvalue weighted by Crippen LogP contribution is -2.54. The molecule has 1 atom stereocenters. The fourth-order valence-electron chi connectivity index (χ4n) is 4.30. The quantitative estimate of drug-likeness (QED) is 0.629. The second-order valence-corrected chi connectivity index (χ2v) is 8.45. The Kier molecular flexibility index (Phi) is 6.18. The molecule has 0 aliphatic carbocycles. The summed E-state index contributed by atoms with van der Waals surface area (Å²) in [6.07, 6.45) is -4.85. The standard InChI is InChI=1S/C24H20F3N3O5/c1-12-7-13(9-15(8-12)24(25,26)27)10-19(32)28-11-14-3-2-4-16-20(14)23(35)30(22(16)34)17-5-6-18(31)29-21(17)33/h2-4,7-9,17H,5-6,10-11H2,1H3,(H,28,32)(H,29,31,33). The summed E-state index contributed by atoms with van der Waals surface area (Å²) in [5, 5.41) is 4.69. The zero-order valence-corrected chi connectivity index (χ0v) is 18.5. The lowest BCUT2D eigenvalue weighted by atomic mass is 10.0. The van der Waals surface area contributed by atoms with Crippen LogP contribution in [0.25, 0.3) is 0 Å². The average molecular weight is 487 g/mol. The first-order valence-corrected chi connectivity index (χ1v) is 10.7. The first kappa shape index (κ1) is 24.1. The fraction of sp³-hybridized carbons (Fsp3) is 0.292. The Morgan fingerprint density at radius 1 is 1.11 bits per heavy atom. The second-order valence-electron chi connectivity index (χ2n) is 8.45. The van der Waals surface area contributed by atoms with Gasteiger partial charge >= 0.3 is 6.18 Å². The van der Waals surface area contributed by atoms with Crippen LogP contribution in [0.1, 0.15) is 55.8 Å². The van der Waals surface area contributed by atoms with Gasteiger partial charge in [-0.05, 0) is 42.7 Å². The maximum atomic E-state index is 13.1. The molecule has 0 bridgehead atoms. The van der Waals surface area contributed by atoms with Gasteiger partial charge in [-0.2, -0.15) is 13.2 Å². The van der Waals surface area contributed by atoms with Gasteiger partial charge in [0.1, 0.15) is 6.04 Å². The highest BCUT2D eigenvalue weighted by Gasteiger charge is 2.45. The molecule has 2 aromatic carbocycles. The van der Waals surface area contributed by atoms with Crippen LogP contribution < -0.4 is 10.6 Å². The third kappa shape index (κ3) is 4.79. The summed E-state index contributed by atoms with van der Waals surface area (Å²) in [5.41, 5.74) is 0.130. The minimum absolute atomic E-state index is 0.0122. The zero-order chi connectivity index (χ0) is 25.5. The molecule has 0 radical (unpaired) electrons. The smallest absolute Gasteiger partial charge is 0.352 e. The van der Waals surface area contributed by atoms with Gasteiger partial charge in [0.15, 0.2) is 0 Å². The van der Waals surface area contributed by atoms with Crippen LogP contribution in [0.15, 0.2) is 36.4 Å². The second kappa shape index (κ2) is 8.97. The molecule has 35 heavy (non-hydrogen) atoms. The molecule has 1 saturated heterocycles. The Balaban J connectivity index is 1.49. The van der Waals surface area contributed by atoms with E-state index in [2.05, 4.69) is 10.6 Å². The van der Waals surface area contributed by atoms with Crippen LogP contribution >= 0.6 is 0 Å². The van der Waals surface area contributed by atoms with Crippen LogP contribution in [0.5, 0.6) is 0 Å². The lowest BCUT2D eigenvalue weighted by molar-refractivity contribution is -0.138. The number of benzene rings is 2. The van der Waals surface area contributed by atoms with E-state index in [-0.39, 0.29) is 42.5 Å². The normalized spacial score (nSPS) is 17.9. The van der Waals surface area contributed by atoms with Gasteiger partial charge in [0.25, 0.3) is 11.8 Å². The number of carbonyl (C=O) groups excluding carboxylic acids is 5. The van der Waals surface area contributed by atoms with E-state index < -0.39 is 47.3 Å². The third-order valence-electron chi connectivity index (χ3n) is 5.86. The molecule has 4 rings (SSSR count). The molecule has 2 aliphatic rings. The summed E-state index contributed by atoms with van der Waals surface area (Å²) in [6.45, 7) is 1.35. The number of amides is 5. The van der Waals surface area contributed by atoms with Crippen molar-refractivity contribution in [2.75, 3.05) is 0 Å². The molecular weight excluding hydrogens is 467 g/mol. The summed E-state index contributed by atoms with van der Waals surface area (Å²) in [4.78, 5) is 62.9. The molecule has 182 valence electrons. The molecule has 0 spiro atoms. The molecule has 2 aromatic rings. The van der Waals surface area contributed by atoms with Gasteiger partial charge in [0, 0.05) is 13.0 Å². The minimum atomic E-state index is -4.54. The van der Waals surface area contributed by atoms with E-state index in [1.165, 1.54) is 31.2 Å². The molecule has 8 nitrogen and oxygen atoms in total. The Morgan fingerprint density at radius 2 is 1.86 bits per heavy atom. The molecule has 0 aromatic heterocycles. The highest BCUT2D eigenvalue weighted by Crippen LogP contribution is 2.31. The van der Waals surface area contributed by atoms with Gasteiger partial charge in [-0.15, -0.1) is 0 Å². The number of carbonyl (C=O) groups is 5. The van der Waals surface area contributed by atoms with Crippen molar-refractivity contribution >= 4 is 29.5 Å². The number of alkyl halides is 3. The molecule has 2 aliphatic heterocycles. The van der Waals surface area contributed by atoms with Crippen molar-refractivity contribution in [1.82, 2.24) is 15.5 Å². The van der Waals surface area contributed by atoms with Gasteiger partial charge in [0.2, 0.25) is 17.7 Å². The van der Waals surface area contributed by atoms with Crippen LogP contribution in [0, 0.1) is 6.92 Å². The maximum absolute atomic E-state index is 13.1. The van der Waals surface area contributed by atoms with Crippen molar-refractivity contribution in [2.45, 2.75) is 44.9 Å². The fourth-order valence-corrected chi connectivity index (χ4v) is 4.30. The van der Waals surface area contributed by atoms with Gasteiger partial charge in [-0.25, -0.2) is 0 Å². The predicted molar refractivity (Wildman–Crippen MR) is 115 cm³/mol. The number of hydrogen-bond donors (Lipinski definition) is 2. The number of hydrogen-bond acceptors (Lipinski definition) is 5. The first-order chi connectivity index (χ1) is 16.5. The summed E-state index contributed by atoms with van der Waals surface area (Å²) < 4.78 is 39.2. The van der Waals surface area contributed by atoms with Gasteiger partial charge in [-0.1, -0.05) is 23.8 Å². The topological polar surface area (TPSA) is 113 Å². The number of aryl methyl sites for hydroxylation is 1. The Morgan fingerprint density at radius 3 is 2.54 bits per heavy atom. The molecule has 1 fully saturated rings. The van der Waals surface area contributed by atoms with Crippen LogP contribution in [0.4, 0.5) is 13.2 Å². The number of rotatable bonds is 5. The first-order valence-electron chi connectivity index (χ1n) is 10.7. The predicted octanol–water partition coefficient (Wildman–Crippen LogP) is 2.27. The van der Waals surface area contributed by atoms with Crippen molar-refractivity contribution in [3.63, 3.8) is 0 Å². The Labute approximate surface area is 197 Å². The Hall–Kier alpha value is -4.02. The molecule has 5 amide bonds. The molecule has 2 heterocycles. The van der Waals surface area contributed by atoms with E-state index in [0.717, 1.165) is 17.0 Å². The summed E-state index contributed by atoms with van der Waals surface area (Å²) in [5.74, 6) is -3.17. The van der Waals surface area contributed by atoms with Gasteiger partial charge in [-0.3, -0.25) is 34.2 Å². The maximum Gasteiger partial charge on any atom is 0.416 e. The SMILES string of the molecule is Cc1cc(CC(=O)NCc2cccc3c2C(=O)N(C2CCC(=O)NC2=O)C3=O)cc(C(F)(F)F)c1. The molecule has 11 heteroatoms. The van der Waals surface area contributed by atoms with Crippen LogP contribution in [-0.4, -0.2) is 40.5 Å². The van der Waals surface area contributed by atoms with Crippen molar-refractivity contribution in [3.8, 4) is 0 Å². The summed E-state index contributed by atoms with van der Waals surface area (Å²) in [7, 11) is 0. The Bertz CT molecular complexity index is 1270. The van der Waals surface area contributed by atoms with E-state index in [1.807, 2.05) is 0 Å². The summed E-state index contributed by atoms with van der Waals surface area (Å²) in [6, 6.07) is 6.75. The molecule has 1 unspecified atom stereocenters. The molecule has 2 N–H and O–H groups in total. The average Bonchev–Trinajstić information content (AvgIpc) is 3.02. The van der Waals surface area contributed by atoms with E-state index in [4.69, 9.17) is 0 Å². The van der Waals surface area contributed by atoms with Crippen molar-refractivity contribution < 1.29 is 37.1 Å². The number of nitrogens with zero attached hydrogens (tertiary/aromatic N) is 1. The zero-order valence-electron chi connectivity index (χ0n) is 18.5. The third-order valence-corrected chi connectivity index (χ3v) is 5.86. The number of piperidine rings is 1. The minimum Gasteiger partial charge on any atom is -0.352 e. The molecular formula is C24H20F3N3O5. The lowest BCUT2D eigenvalue weighted by Gasteiger charge is -2.27. The highest BCUT2D eigenvalue weighted by atomic mass is 19.4. The van der Waals surface area contributed by atoms with Crippen LogP contribution in [-0.2, 0) is 33.5 Å². The van der Waals surface area contributed by atoms with Gasteiger partial charge < -0.3 is 5.32 Å². The number of imide groups is 2. The van der Waals surface area contributed by atoms with Crippen LogP contribution in [0.2, 0.25) is 0 Å². The van der Waals surface area contributed by atoms with E-state index in [1.54, 1.807) is 0 Å².